The van der Waals surface area contributed by atoms with Crippen LogP contribution in [0.5, 0.6) is 0 Å². The summed E-state index contributed by atoms with van der Waals surface area (Å²) in [7, 11) is 0. The van der Waals surface area contributed by atoms with Gasteiger partial charge in [0.25, 0.3) is 0 Å². The van der Waals surface area contributed by atoms with Crippen molar-refractivity contribution in [2.45, 2.75) is 50.2 Å². The summed E-state index contributed by atoms with van der Waals surface area (Å²) in [4.78, 5) is 0. The third kappa shape index (κ3) is 1.72. The topological polar surface area (TPSA) is 35.2 Å². The van der Waals surface area contributed by atoms with E-state index in [4.69, 9.17) is 10.5 Å². The SMILES string of the molecule is NC(C1CCOC2(CCSC2)C1)C1C2C3CCC(C3)C21. The number of hydrogen-bond donors (Lipinski definition) is 1. The van der Waals surface area contributed by atoms with Gasteiger partial charge in [0.2, 0.25) is 0 Å². The first-order valence-electron chi connectivity index (χ1n) is 8.75. The summed E-state index contributed by atoms with van der Waals surface area (Å²) in [6.07, 6.45) is 8.33. The van der Waals surface area contributed by atoms with Crippen molar-refractivity contribution in [2.75, 3.05) is 18.1 Å². The second kappa shape index (κ2) is 4.39. The molecule has 0 radical (unpaired) electrons. The maximum atomic E-state index is 6.78. The van der Waals surface area contributed by atoms with E-state index in [1.807, 2.05) is 0 Å². The van der Waals surface area contributed by atoms with Gasteiger partial charge in [0.1, 0.15) is 0 Å². The van der Waals surface area contributed by atoms with Gasteiger partial charge in [0, 0.05) is 18.4 Å². The van der Waals surface area contributed by atoms with Crippen LogP contribution in [0.15, 0.2) is 0 Å². The molecule has 0 aromatic rings. The number of rotatable bonds is 2. The van der Waals surface area contributed by atoms with Crippen molar-refractivity contribution in [3.05, 3.63) is 0 Å². The smallest absolute Gasteiger partial charge is 0.0783 e. The number of ether oxygens (including phenoxy) is 1. The average molecular weight is 293 g/mol. The van der Waals surface area contributed by atoms with Crippen LogP contribution in [0.3, 0.4) is 0 Å². The molecule has 1 spiro atoms. The third-order valence-corrected chi connectivity index (χ3v) is 8.60. The van der Waals surface area contributed by atoms with Gasteiger partial charge in [-0.3, -0.25) is 0 Å². The zero-order valence-corrected chi connectivity index (χ0v) is 13.1. The van der Waals surface area contributed by atoms with Crippen LogP contribution in [0.25, 0.3) is 0 Å². The van der Waals surface area contributed by atoms with E-state index < -0.39 is 0 Å². The molecule has 2 saturated heterocycles. The molecule has 5 fully saturated rings. The van der Waals surface area contributed by atoms with Crippen LogP contribution >= 0.6 is 11.8 Å². The van der Waals surface area contributed by atoms with E-state index in [1.165, 1.54) is 43.6 Å². The van der Waals surface area contributed by atoms with Gasteiger partial charge in [-0.15, -0.1) is 0 Å². The molecule has 2 aliphatic heterocycles. The first-order chi connectivity index (χ1) is 9.77. The average Bonchev–Trinajstić information content (AvgIpc) is 2.83. The predicted octanol–water partition coefficient (Wildman–Crippen LogP) is 2.91. The van der Waals surface area contributed by atoms with Crippen molar-refractivity contribution in [2.24, 2.45) is 41.2 Å². The lowest BCUT2D eigenvalue weighted by Gasteiger charge is -2.40. The third-order valence-electron chi connectivity index (χ3n) is 7.38. The van der Waals surface area contributed by atoms with Crippen molar-refractivity contribution >= 4 is 11.8 Å². The second-order valence-corrected chi connectivity index (χ2v) is 9.33. The van der Waals surface area contributed by atoms with Gasteiger partial charge in [-0.25, -0.2) is 0 Å². The molecule has 7 atom stereocenters. The summed E-state index contributed by atoms with van der Waals surface area (Å²) in [6.45, 7) is 0.966. The monoisotopic (exact) mass is 293 g/mol. The highest BCUT2D eigenvalue weighted by Gasteiger charge is 2.67. The first kappa shape index (κ1) is 12.8. The summed E-state index contributed by atoms with van der Waals surface area (Å²) in [5, 5.41) is 0. The molecule has 5 rings (SSSR count). The molecule has 2 heterocycles. The molecule has 3 heteroatoms. The molecule has 3 aliphatic carbocycles. The molecule has 2 N–H and O–H groups in total. The van der Waals surface area contributed by atoms with E-state index in [-0.39, 0.29) is 5.60 Å². The molecule has 0 amide bonds. The van der Waals surface area contributed by atoms with Crippen molar-refractivity contribution in [3.63, 3.8) is 0 Å². The van der Waals surface area contributed by atoms with Crippen molar-refractivity contribution in [3.8, 4) is 0 Å². The fourth-order valence-electron chi connectivity index (χ4n) is 6.48. The molecular weight excluding hydrogens is 266 g/mol. The number of fused-ring (bicyclic) bond motifs is 5. The summed E-state index contributed by atoms with van der Waals surface area (Å²) < 4.78 is 6.18. The van der Waals surface area contributed by atoms with Gasteiger partial charge in [-0.05, 0) is 79.8 Å². The Balaban J connectivity index is 1.29. The molecule has 0 aromatic heterocycles. The van der Waals surface area contributed by atoms with E-state index in [9.17, 15) is 0 Å². The molecular formula is C17H27NOS. The zero-order chi connectivity index (χ0) is 13.3. The van der Waals surface area contributed by atoms with Crippen LogP contribution in [-0.2, 0) is 4.74 Å². The quantitative estimate of drug-likeness (QED) is 0.850. The lowest BCUT2D eigenvalue weighted by molar-refractivity contribution is -0.0848. The Hall–Kier alpha value is 0.270. The molecule has 20 heavy (non-hydrogen) atoms. The van der Waals surface area contributed by atoms with E-state index in [0.717, 1.165) is 42.1 Å². The first-order valence-corrected chi connectivity index (χ1v) is 9.90. The highest BCUT2D eigenvalue weighted by Crippen LogP contribution is 2.70. The van der Waals surface area contributed by atoms with Crippen LogP contribution in [0, 0.1) is 35.5 Å². The Morgan fingerprint density at radius 3 is 2.65 bits per heavy atom. The summed E-state index contributed by atoms with van der Waals surface area (Å²) >= 11 is 2.08. The summed E-state index contributed by atoms with van der Waals surface area (Å²) in [6, 6.07) is 0.486. The Bertz CT molecular complexity index is 392. The zero-order valence-electron chi connectivity index (χ0n) is 12.3. The fraction of sp³-hybridized carbons (Fsp3) is 1.00. The Morgan fingerprint density at radius 1 is 1.15 bits per heavy atom. The van der Waals surface area contributed by atoms with Crippen LogP contribution in [0.2, 0.25) is 0 Å². The lowest BCUT2D eigenvalue weighted by atomic mass is 9.78. The van der Waals surface area contributed by atoms with E-state index in [0.29, 0.717) is 6.04 Å². The molecule has 112 valence electrons. The Kier molecular flexibility index (Phi) is 2.81. The molecule has 0 aromatic carbocycles. The number of thioether (sulfide) groups is 1. The normalized spacial score (nSPS) is 58.0. The van der Waals surface area contributed by atoms with Crippen molar-refractivity contribution < 1.29 is 4.74 Å². The van der Waals surface area contributed by atoms with E-state index >= 15 is 0 Å². The van der Waals surface area contributed by atoms with E-state index in [1.54, 1.807) is 6.42 Å². The fourth-order valence-corrected chi connectivity index (χ4v) is 7.86. The molecule has 2 nitrogen and oxygen atoms in total. The van der Waals surface area contributed by atoms with Crippen LogP contribution in [0.4, 0.5) is 0 Å². The van der Waals surface area contributed by atoms with E-state index in [2.05, 4.69) is 11.8 Å². The Labute approximate surface area is 126 Å². The van der Waals surface area contributed by atoms with Gasteiger partial charge in [-0.1, -0.05) is 0 Å². The molecule has 5 aliphatic rings. The second-order valence-electron chi connectivity index (χ2n) is 8.23. The van der Waals surface area contributed by atoms with Gasteiger partial charge in [0.05, 0.1) is 5.60 Å². The molecule has 3 saturated carbocycles. The van der Waals surface area contributed by atoms with Crippen molar-refractivity contribution in [1.82, 2.24) is 0 Å². The molecule has 2 bridgehead atoms. The van der Waals surface area contributed by atoms with Gasteiger partial charge in [-0.2, -0.15) is 11.8 Å². The Morgan fingerprint density at radius 2 is 1.95 bits per heavy atom. The maximum absolute atomic E-state index is 6.78. The maximum Gasteiger partial charge on any atom is 0.0783 e. The van der Waals surface area contributed by atoms with Gasteiger partial charge < -0.3 is 10.5 Å². The van der Waals surface area contributed by atoms with Crippen molar-refractivity contribution in [1.29, 1.82) is 0 Å². The van der Waals surface area contributed by atoms with Gasteiger partial charge in [0.15, 0.2) is 0 Å². The van der Waals surface area contributed by atoms with Crippen LogP contribution < -0.4 is 5.73 Å². The molecule has 7 unspecified atom stereocenters. The van der Waals surface area contributed by atoms with Crippen LogP contribution in [0.1, 0.15) is 38.5 Å². The van der Waals surface area contributed by atoms with Crippen LogP contribution in [-0.4, -0.2) is 29.8 Å². The van der Waals surface area contributed by atoms with Gasteiger partial charge >= 0.3 is 0 Å². The summed E-state index contributed by atoms with van der Waals surface area (Å²) in [5.41, 5.74) is 7.00. The minimum atomic E-state index is 0.216. The minimum absolute atomic E-state index is 0.216. The summed E-state index contributed by atoms with van der Waals surface area (Å²) in [5.74, 6) is 8.38. The minimum Gasteiger partial charge on any atom is -0.374 e. The highest BCUT2D eigenvalue weighted by atomic mass is 32.2. The number of nitrogens with two attached hydrogens (primary N) is 1. The highest BCUT2D eigenvalue weighted by molar-refractivity contribution is 7.99. The lowest BCUT2D eigenvalue weighted by Crippen LogP contribution is -2.46. The standard InChI is InChI=1S/C17H27NOS/c18-16(15-13-10-1-2-11(7-10)14(13)15)12-3-5-19-17(8-12)4-6-20-9-17/h10-16H,1-9,18H2. The largest absolute Gasteiger partial charge is 0.374 e. The predicted molar refractivity (Wildman–Crippen MR) is 82.6 cm³/mol. The number of hydrogen-bond acceptors (Lipinski definition) is 3.